The maximum atomic E-state index is 12.9. The van der Waals surface area contributed by atoms with Gasteiger partial charge in [-0.15, -0.1) is 0 Å². The maximum absolute atomic E-state index is 12.9. The van der Waals surface area contributed by atoms with E-state index in [1.54, 1.807) is 48.5 Å². The third kappa shape index (κ3) is 5.71. The number of aryl methyl sites for hydroxylation is 1. The van der Waals surface area contributed by atoms with Crippen molar-refractivity contribution in [1.29, 1.82) is 10.8 Å². The second-order valence-corrected chi connectivity index (χ2v) is 7.46. The van der Waals surface area contributed by atoms with Gasteiger partial charge < -0.3 is 27.6 Å². The number of carboxylic acids is 1. The van der Waals surface area contributed by atoms with E-state index in [1.807, 2.05) is 0 Å². The van der Waals surface area contributed by atoms with Crippen molar-refractivity contribution in [1.82, 2.24) is 9.97 Å². The first kappa shape index (κ1) is 23.9. The summed E-state index contributed by atoms with van der Waals surface area (Å²) < 4.78 is 0. The number of carboxylic acid groups (broad SMARTS) is 1. The first-order valence-electron chi connectivity index (χ1n) is 10.2. The number of nitrogens with two attached hydrogens (primary N) is 3. The van der Waals surface area contributed by atoms with Gasteiger partial charge in [-0.1, -0.05) is 48.5 Å². The molecule has 3 rings (SSSR count). The number of nitrogens with zero attached hydrogens (tertiary/aromatic N) is 2. The van der Waals surface area contributed by atoms with Gasteiger partial charge in [0.25, 0.3) is 0 Å². The van der Waals surface area contributed by atoms with Crippen molar-refractivity contribution in [3.8, 4) is 0 Å². The van der Waals surface area contributed by atoms with Crippen LogP contribution in [0.25, 0.3) is 0 Å². The number of carbonyl (C=O) groups is 2. The van der Waals surface area contributed by atoms with Crippen molar-refractivity contribution in [2.45, 2.75) is 19.4 Å². The summed E-state index contributed by atoms with van der Waals surface area (Å²) in [5.41, 5.74) is 19.0. The summed E-state index contributed by atoms with van der Waals surface area (Å²) >= 11 is 0. The molecule has 2 aromatic carbocycles. The highest BCUT2D eigenvalue weighted by Gasteiger charge is 2.21. The van der Waals surface area contributed by atoms with Crippen LogP contribution >= 0.6 is 0 Å². The van der Waals surface area contributed by atoms with E-state index in [0.717, 1.165) is 11.1 Å². The number of aromatic carboxylic acids is 1. The van der Waals surface area contributed by atoms with Gasteiger partial charge in [0.15, 0.2) is 28.8 Å². The van der Waals surface area contributed by atoms with E-state index < -0.39 is 11.7 Å². The molecule has 174 valence electrons. The monoisotopic (exact) mass is 460 g/mol. The van der Waals surface area contributed by atoms with Gasteiger partial charge in [-0.2, -0.15) is 0 Å². The SMILES string of the molecule is N=C(N)c1ccc(CCC(=O)c2nc(N)c(C(=O)O)nc2NCc2ccc(C(=N)N)cc2)cc1. The molecule has 0 fully saturated rings. The molecule has 0 bridgehead atoms. The number of ketones is 1. The summed E-state index contributed by atoms with van der Waals surface area (Å²) in [6.07, 6.45) is 0.479. The maximum Gasteiger partial charge on any atom is 0.358 e. The molecule has 0 saturated heterocycles. The summed E-state index contributed by atoms with van der Waals surface area (Å²) in [5.74, 6) is -2.15. The molecule has 1 aromatic heterocycles. The predicted octanol–water partition coefficient (Wildman–Crippen LogP) is 1.75. The van der Waals surface area contributed by atoms with Crippen LogP contribution in [0.5, 0.6) is 0 Å². The largest absolute Gasteiger partial charge is 0.476 e. The van der Waals surface area contributed by atoms with Gasteiger partial charge >= 0.3 is 5.97 Å². The molecule has 0 amide bonds. The van der Waals surface area contributed by atoms with E-state index in [2.05, 4.69) is 15.3 Å². The number of anilines is 2. The molecule has 34 heavy (non-hydrogen) atoms. The lowest BCUT2D eigenvalue weighted by atomic mass is 10.0. The molecule has 0 aliphatic heterocycles. The lowest BCUT2D eigenvalue weighted by Gasteiger charge is -2.12. The smallest absolute Gasteiger partial charge is 0.358 e. The van der Waals surface area contributed by atoms with E-state index in [1.165, 1.54) is 0 Å². The van der Waals surface area contributed by atoms with E-state index in [0.29, 0.717) is 17.5 Å². The quantitative estimate of drug-likeness (QED) is 0.133. The van der Waals surface area contributed by atoms with Gasteiger partial charge in [-0.05, 0) is 17.5 Å². The number of amidine groups is 2. The van der Waals surface area contributed by atoms with Crippen LogP contribution in [-0.2, 0) is 13.0 Å². The summed E-state index contributed by atoms with van der Waals surface area (Å²) in [4.78, 5) is 32.5. The van der Waals surface area contributed by atoms with E-state index in [9.17, 15) is 14.7 Å². The Bertz CT molecular complexity index is 1250. The Balaban J connectivity index is 1.79. The predicted molar refractivity (Wildman–Crippen MR) is 128 cm³/mol. The second kappa shape index (κ2) is 10.2. The van der Waals surface area contributed by atoms with Crippen molar-refractivity contribution in [3.05, 3.63) is 82.2 Å². The van der Waals surface area contributed by atoms with Gasteiger partial charge in [0.2, 0.25) is 0 Å². The summed E-state index contributed by atoms with van der Waals surface area (Å²) in [5, 5.41) is 27.2. The zero-order valence-electron chi connectivity index (χ0n) is 18.1. The number of Topliss-reactive ketones (excluding diaryl/α,β-unsaturated/α-hetero) is 1. The Morgan fingerprint density at radius 3 is 1.88 bits per heavy atom. The Kier molecular flexibility index (Phi) is 7.16. The van der Waals surface area contributed by atoms with Crippen LogP contribution in [0.3, 0.4) is 0 Å². The van der Waals surface area contributed by atoms with Crippen LogP contribution in [0, 0.1) is 10.8 Å². The minimum Gasteiger partial charge on any atom is -0.476 e. The molecule has 0 aliphatic rings. The van der Waals surface area contributed by atoms with Crippen molar-refractivity contribution in [3.63, 3.8) is 0 Å². The molecular formula is C23H24N8O3. The Morgan fingerprint density at radius 1 is 0.853 bits per heavy atom. The first-order chi connectivity index (χ1) is 16.2. The van der Waals surface area contributed by atoms with Crippen LogP contribution in [0.2, 0.25) is 0 Å². The van der Waals surface area contributed by atoms with E-state index >= 15 is 0 Å². The average Bonchev–Trinajstić information content (AvgIpc) is 2.81. The molecule has 0 saturated carbocycles. The molecule has 0 spiro atoms. The number of aromatic nitrogens is 2. The topological polar surface area (TPSA) is 218 Å². The molecule has 0 unspecified atom stereocenters. The van der Waals surface area contributed by atoms with Crippen molar-refractivity contribution >= 4 is 35.1 Å². The Hall–Kier alpha value is -4.80. The number of nitrogens with one attached hydrogen (secondary N) is 3. The highest BCUT2D eigenvalue weighted by molar-refractivity contribution is 6.01. The van der Waals surface area contributed by atoms with Crippen molar-refractivity contribution in [2.75, 3.05) is 11.1 Å². The fraction of sp³-hybridized carbons (Fsp3) is 0.130. The average molecular weight is 460 g/mol. The van der Waals surface area contributed by atoms with Crippen LogP contribution < -0.4 is 22.5 Å². The lowest BCUT2D eigenvalue weighted by Crippen LogP contribution is -2.17. The number of rotatable bonds is 10. The van der Waals surface area contributed by atoms with Gasteiger partial charge in [0, 0.05) is 24.1 Å². The molecule has 1 heterocycles. The minimum absolute atomic E-state index is 0.0131. The van der Waals surface area contributed by atoms with Gasteiger partial charge in [-0.25, -0.2) is 14.8 Å². The second-order valence-electron chi connectivity index (χ2n) is 7.46. The van der Waals surface area contributed by atoms with Crippen molar-refractivity contribution in [2.24, 2.45) is 11.5 Å². The number of benzene rings is 2. The minimum atomic E-state index is -1.36. The third-order valence-electron chi connectivity index (χ3n) is 5.02. The Morgan fingerprint density at radius 2 is 1.38 bits per heavy atom. The summed E-state index contributed by atoms with van der Waals surface area (Å²) in [6, 6.07) is 13.8. The molecule has 11 heteroatoms. The molecule has 0 radical (unpaired) electrons. The number of hydrogen-bond donors (Lipinski definition) is 7. The van der Waals surface area contributed by atoms with Gasteiger partial charge in [0.1, 0.15) is 11.7 Å². The van der Waals surface area contributed by atoms with Crippen molar-refractivity contribution < 1.29 is 14.7 Å². The van der Waals surface area contributed by atoms with E-state index in [-0.39, 0.29) is 47.7 Å². The molecule has 10 N–H and O–H groups in total. The molecular weight excluding hydrogens is 436 g/mol. The van der Waals surface area contributed by atoms with Crippen LogP contribution in [-0.4, -0.2) is 38.5 Å². The molecule has 11 nitrogen and oxygen atoms in total. The molecule has 0 atom stereocenters. The fourth-order valence-electron chi connectivity index (χ4n) is 3.14. The highest BCUT2D eigenvalue weighted by atomic mass is 16.4. The number of nitrogen functional groups attached to an aromatic ring is 3. The fourth-order valence-corrected chi connectivity index (χ4v) is 3.14. The molecule has 0 aliphatic carbocycles. The normalized spacial score (nSPS) is 10.5. The molecule has 3 aromatic rings. The first-order valence-corrected chi connectivity index (χ1v) is 10.2. The summed E-state index contributed by atoms with van der Waals surface area (Å²) in [7, 11) is 0. The van der Waals surface area contributed by atoms with Gasteiger partial charge in [0.05, 0.1) is 0 Å². The standard InChI is InChI=1S/C23H24N8O3/c24-19(25)14-6-1-12(2-7-14)5-10-16(32)17-22(31-18(23(33)34)21(28)30-17)29-11-13-3-8-15(9-4-13)20(26)27/h1-4,6-9H,5,10-11H2,(H3,24,25)(H3,26,27)(H2,28,30)(H,29,31)(H,33,34). The number of carbonyl (C=O) groups excluding carboxylic acids is 1. The zero-order chi connectivity index (χ0) is 24.8. The zero-order valence-corrected chi connectivity index (χ0v) is 18.1. The third-order valence-corrected chi connectivity index (χ3v) is 5.02. The lowest BCUT2D eigenvalue weighted by molar-refractivity contribution is 0.0690. The van der Waals surface area contributed by atoms with Crippen LogP contribution in [0.1, 0.15) is 49.7 Å². The van der Waals surface area contributed by atoms with E-state index in [4.69, 9.17) is 28.0 Å². The van der Waals surface area contributed by atoms with Crippen LogP contribution in [0.4, 0.5) is 11.6 Å². The summed E-state index contributed by atoms with van der Waals surface area (Å²) in [6.45, 7) is 0.225. The number of hydrogen-bond acceptors (Lipinski definition) is 8. The highest BCUT2D eigenvalue weighted by Crippen LogP contribution is 2.20. The van der Waals surface area contributed by atoms with Crippen LogP contribution in [0.15, 0.2) is 48.5 Å². The Labute approximate surface area is 195 Å². The van der Waals surface area contributed by atoms with Gasteiger partial charge in [-0.3, -0.25) is 15.6 Å².